The van der Waals surface area contributed by atoms with E-state index in [4.69, 9.17) is 0 Å². The summed E-state index contributed by atoms with van der Waals surface area (Å²) in [6, 6.07) is 0. The van der Waals surface area contributed by atoms with Gasteiger partial charge >= 0.3 is 0 Å². The normalized spacial score (nSPS) is 7.50. The van der Waals surface area contributed by atoms with Crippen LogP contribution in [-0.2, 0) is 0 Å². The van der Waals surface area contributed by atoms with E-state index in [0.29, 0.717) is 6.54 Å². The Kier molecular flexibility index (Phi) is 3.04. The molecule has 0 heterocycles. The second-order valence-corrected chi connectivity index (χ2v) is 2.02. The first kappa shape index (κ1) is 5.89. The van der Waals surface area contributed by atoms with Crippen molar-refractivity contribution in [2.24, 2.45) is 4.99 Å². The number of rotatable bonds is 2. The second kappa shape index (κ2) is 3.09. The first-order chi connectivity index (χ1) is 2.77. The summed E-state index contributed by atoms with van der Waals surface area (Å²) in [5, 5.41) is 0. The Morgan fingerprint density at radius 2 is 2.33 bits per heavy atom. The number of halogens is 1. The maximum absolute atomic E-state index is 3.54. The fourth-order valence-electron chi connectivity index (χ4n) is 0.121. The average Bonchev–Trinajstić information content (AvgIpc) is 1.35. The lowest BCUT2D eigenvalue weighted by atomic mass is 10.7. The average molecular weight is 148 g/mol. The summed E-state index contributed by atoms with van der Waals surface area (Å²) in [7, 11) is 0. The molecule has 0 atom stereocenters. The van der Waals surface area contributed by atoms with Gasteiger partial charge in [0.05, 0.1) is 6.54 Å². The predicted molar refractivity (Wildman–Crippen MR) is 32.5 cm³/mol. The van der Waals surface area contributed by atoms with Gasteiger partial charge in [0.15, 0.2) is 0 Å². The summed E-state index contributed by atoms with van der Waals surface area (Å²) in [5.74, 6) is 0. The quantitative estimate of drug-likeness (QED) is 0.527. The van der Waals surface area contributed by atoms with Gasteiger partial charge < -0.3 is 0 Å². The van der Waals surface area contributed by atoms with Crippen molar-refractivity contribution in [2.75, 3.05) is 6.54 Å². The van der Waals surface area contributed by atoms with Crippen molar-refractivity contribution in [3.8, 4) is 0 Å². The van der Waals surface area contributed by atoms with Crippen molar-refractivity contribution >= 4 is 22.6 Å². The van der Waals surface area contributed by atoms with Gasteiger partial charge in [0.2, 0.25) is 0 Å². The maximum atomic E-state index is 3.54. The van der Waals surface area contributed by atoms with Crippen LogP contribution in [0.4, 0.5) is 0 Å². The van der Waals surface area contributed by atoms with Gasteiger partial charge in [0.1, 0.15) is 0 Å². The highest BCUT2D eigenvalue weighted by Gasteiger charge is 1.75. The van der Waals surface area contributed by atoms with E-state index < -0.39 is 0 Å². The molecule has 0 bridgehead atoms. The molecule has 34 valence electrons. The van der Waals surface area contributed by atoms with Crippen LogP contribution in [0, 0.1) is 0 Å². The number of aliphatic imine (C=N–C) groups is 1. The molecule has 2 heteroatoms. The highest BCUT2D eigenvalue weighted by atomic mass is 79.9. The zero-order valence-electron chi connectivity index (χ0n) is 3.45. The molecular formula is C4H6BrN. The van der Waals surface area contributed by atoms with Crippen LogP contribution in [0.1, 0.15) is 0 Å². The van der Waals surface area contributed by atoms with Crippen LogP contribution in [0.25, 0.3) is 0 Å². The molecule has 0 rings (SSSR count). The molecule has 0 aliphatic rings. The fraction of sp³-hybridized carbons (Fsp3) is 0.250. The van der Waals surface area contributed by atoms with E-state index in [1.54, 1.807) is 0 Å². The Morgan fingerprint density at radius 3 is 2.33 bits per heavy atom. The highest BCUT2D eigenvalue weighted by Crippen LogP contribution is 1.97. The van der Waals surface area contributed by atoms with Gasteiger partial charge in [-0.3, -0.25) is 4.99 Å². The Bertz CT molecular complexity index is 67.9. The maximum Gasteiger partial charge on any atom is 0.0691 e. The van der Waals surface area contributed by atoms with Crippen molar-refractivity contribution in [3.63, 3.8) is 0 Å². The van der Waals surface area contributed by atoms with E-state index >= 15 is 0 Å². The molecule has 0 radical (unpaired) electrons. The molecule has 6 heavy (non-hydrogen) atoms. The molecule has 0 aromatic carbocycles. The lowest BCUT2D eigenvalue weighted by Gasteiger charge is -1.80. The van der Waals surface area contributed by atoms with Crippen molar-refractivity contribution in [2.45, 2.75) is 0 Å². The molecule has 0 spiro atoms. The lowest BCUT2D eigenvalue weighted by molar-refractivity contribution is 1.26. The van der Waals surface area contributed by atoms with Gasteiger partial charge in [-0.1, -0.05) is 22.5 Å². The molecule has 1 nitrogen and oxygen atoms in total. The summed E-state index contributed by atoms with van der Waals surface area (Å²) in [6.45, 7) is 7.40. The lowest BCUT2D eigenvalue weighted by Crippen LogP contribution is -1.70. The third kappa shape index (κ3) is 3.89. The van der Waals surface area contributed by atoms with E-state index in [1.165, 1.54) is 0 Å². The zero-order chi connectivity index (χ0) is 4.99. The minimum atomic E-state index is 0.611. The topological polar surface area (TPSA) is 12.4 Å². The first-order valence-electron chi connectivity index (χ1n) is 1.53. The van der Waals surface area contributed by atoms with Crippen LogP contribution in [0.2, 0.25) is 0 Å². The smallest absolute Gasteiger partial charge is 0.0691 e. The zero-order valence-corrected chi connectivity index (χ0v) is 5.03. The molecule has 0 aromatic rings. The predicted octanol–water partition coefficient (Wildman–Crippen LogP) is 1.60. The van der Waals surface area contributed by atoms with Gasteiger partial charge in [-0.25, -0.2) is 0 Å². The summed E-state index contributed by atoms with van der Waals surface area (Å²) in [4.78, 5) is 3.54. The molecule has 0 saturated carbocycles. The molecule has 0 unspecified atom stereocenters. The number of hydrogen-bond acceptors (Lipinski definition) is 1. The summed E-state index contributed by atoms with van der Waals surface area (Å²) in [5.41, 5.74) is 0. The van der Waals surface area contributed by atoms with E-state index in [1.807, 2.05) is 0 Å². The van der Waals surface area contributed by atoms with Crippen molar-refractivity contribution < 1.29 is 0 Å². The molecule has 0 aromatic heterocycles. The Hall–Kier alpha value is -0.110. The Morgan fingerprint density at radius 1 is 1.83 bits per heavy atom. The van der Waals surface area contributed by atoms with E-state index in [9.17, 15) is 0 Å². The second-order valence-electron chi connectivity index (χ2n) is 0.899. The van der Waals surface area contributed by atoms with Gasteiger partial charge in [-0.2, -0.15) is 0 Å². The Balaban J connectivity index is 3.05. The molecule has 0 fully saturated rings. The van der Waals surface area contributed by atoms with Gasteiger partial charge in [0.25, 0.3) is 0 Å². The van der Waals surface area contributed by atoms with E-state index in [2.05, 4.69) is 34.2 Å². The van der Waals surface area contributed by atoms with Crippen molar-refractivity contribution in [1.29, 1.82) is 0 Å². The molecule has 0 aliphatic heterocycles. The summed E-state index contributed by atoms with van der Waals surface area (Å²) >= 11 is 3.11. The van der Waals surface area contributed by atoms with Crippen LogP contribution in [0.5, 0.6) is 0 Å². The monoisotopic (exact) mass is 147 g/mol. The van der Waals surface area contributed by atoms with Gasteiger partial charge in [-0.05, 0) is 6.72 Å². The Labute approximate surface area is 45.9 Å². The minimum Gasteiger partial charge on any atom is -0.296 e. The van der Waals surface area contributed by atoms with Gasteiger partial charge in [0, 0.05) is 4.48 Å². The molecule has 0 amide bonds. The summed E-state index contributed by atoms with van der Waals surface area (Å²) < 4.78 is 0.873. The van der Waals surface area contributed by atoms with Crippen LogP contribution >= 0.6 is 15.9 Å². The SMILES string of the molecule is C=NCC(=C)Br. The van der Waals surface area contributed by atoms with E-state index in [0.717, 1.165) is 4.48 Å². The van der Waals surface area contributed by atoms with Crippen LogP contribution in [-0.4, -0.2) is 13.3 Å². The third-order valence-corrected chi connectivity index (χ3v) is 0.534. The van der Waals surface area contributed by atoms with Crippen LogP contribution < -0.4 is 0 Å². The van der Waals surface area contributed by atoms with E-state index in [-0.39, 0.29) is 0 Å². The fourth-order valence-corrected chi connectivity index (χ4v) is 0.299. The largest absolute Gasteiger partial charge is 0.296 e. The molecule has 0 aliphatic carbocycles. The molecule has 0 N–H and O–H groups in total. The third-order valence-electron chi connectivity index (χ3n) is 0.283. The molecule has 0 saturated heterocycles. The van der Waals surface area contributed by atoms with Crippen molar-refractivity contribution in [1.82, 2.24) is 0 Å². The summed E-state index contributed by atoms with van der Waals surface area (Å²) in [6.07, 6.45) is 0. The highest BCUT2D eigenvalue weighted by molar-refractivity contribution is 9.11. The number of hydrogen-bond donors (Lipinski definition) is 0. The van der Waals surface area contributed by atoms with Gasteiger partial charge in [-0.15, -0.1) is 0 Å². The molecular weight excluding hydrogens is 142 g/mol. The van der Waals surface area contributed by atoms with Crippen molar-refractivity contribution in [3.05, 3.63) is 11.1 Å². The first-order valence-corrected chi connectivity index (χ1v) is 2.32. The van der Waals surface area contributed by atoms with Crippen LogP contribution in [0.3, 0.4) is 0 Å². The van der Waals surface area contributed by atoms with Crippen LogP contribution in [0.15, 0.2) is 16.1 Å². The standard InChI is InChI=1S/C4H6BrN/c1-4(5)3-6-2/h1-3H2. The number of nitrogens with zero attached hydrogens (tertiary/aromatic N) is 1. The minimum absolute atomic E-state index is 0.611.